The van der Waals surface area contributed by atoms with Crippen molar-refractivity contribution in [2.45, 2.75) is 43.9 Å². The third-order valence-electron chi connectivity index (χ3n) is 4.79. The molecular formula is C15H20F2N6O2. The summed E-state index contributed by atoms with van der Waals surface area (Å²) in [5, 5.41) is 6.58. The SMILES string of the molecule is Cn1ncc2c1CN(C[C@@H]1CC(F)(F)[C@H](N3C=CC(N)NC3=O)O1)C2. The molecule has 136 valence electrons. The van der Waals surface area contributed by atoms with Crippen molar-refractivity contribution in [1.29, 1.82) is 0 Å². The van der Waals surface area contributed by atoms with E-state index in [0.29, 0.717) is 19.6 Å². The zero-order valence-corrected chi connectivity index (χ0v) is 13.7. The second kappa shape index (κ2) is 5.75. The Morgan fingerprint density at radius 3 is 3.00 bits per heavy atom. The van der Waals surface area contributed by atoms with Crippen LogP contribution in [0.5, 0.6) is 0 Å². The zero-order chi connectivity index (χ0) is 17.8. The van der Waals surface area contributed by atoms with Gasteiger partial charge in [0.1, 0.15) is 0 Å². The van der Waals surface area contributed by atoms with Crippen molar-refractivity contribution in [3.05, 3.63) is 29.7 Å². The van der Waals surface area contributed by atoms with E-state index in [0.717, 1.165) is 16.2 Å². The predicted octanol–water partition coefficient (Wildman–Crippen LogP) is 0.310. The first-order chi connectivity index (χ1) is 11.8. The van der Waals surface area contributed by atoms with Gasteiger partial charge in [-0.15, -0.1) is 0 Å². The first-order valence-corrected chi connectivity index (χ1v) is 8.11. The Morgan fingerprint density at radius 1 is 1.48 bits per heavy atom. The van der Waals surface area contributed by atoms with E-state index in [1.807, 2.05) is 7.05 Å². The molecule has 0 aromatic carbocycles. The third kappa shape index (κ3) is 2.90. The van der Waals surface area contributed by atoms with Gasteiger partial charge in [0.25, 0.3) is 5.92 Å². The average molecular weight is 354 g/mol. The van der Waals surface area contributed by atoms with Gasteiger partial charge in [-0.25, -0.2) is 13.6 Å². The van der Waals surface area contributed by atoms with Crippen LogP contribution in [0, 0.1) is 0 Å². The molecule has 1 unspecified atom stereocenters. The molecule has 3 aliphatic heterocycles. The largest absolute Gasteiger partial charge is 0.347 e. The van der Waals surface area contributed by atoms with E-state index in [1.54, 1.807) is 10.9 Å². The number of alkyl halides is 2. The number of aromatic nitrogens is 2. The first-order valence-electron chi connectivity index (χ1n) is 8.11. The number of carbonyl (C=O) groups excluding carboxylic acids is 1. The highest BCUT2D eigenvalue weighted by molar-refractivity contribution is 5.77. The van der Waals surface area contributed by atoms with Gasteiger partial charge in [0, 0.05) is 44.9 Å². The minimum absolute atomic E-state index is 0.374. The number of ether oxygens (including phenoxy) is 1. The van der Waals surface area contributed by atoms with Crippen molar-refractivity contribution < 1.29 is 18.3 Å². The number of fused-ring (bicyclic) bond motifs is 1. The van der Waals surface area contributed by atoms with Gasteiger partial charge in [-0.3, -0.25) is 14.5 Å². The van der Waals surface area contributed by atoms with Crippen molar-refractivity contribution >= 4 is 6.03 Å². The van der Waals surface area contributed by atoms with Crippen molar-refractivity contribution in [2.75, 3.05) is 6.54 Å². The first kappa shape index (κ1) is 16.4. The van der Waals surface area contributed by atoms with Crippen LogP contribution in [0.4, 0.5) is 13.6 Å². The van der Waals surface area contributed by atoms with Crippen molar-refractivity contribution in [3.8, 4) is 0 Å². The van der Waals surface area contributed by atoms with E-state index in [2.05, 4.69) is 15.3 Å². The number of carbonyl (C=O) groups is 1. The fourth-order valence-corrected chi connectivity index (χ4v) is 3.58. The fourth-order valence-electron chi connectivity index (χ4n) is 3.58. The molecule has 1 aromatic heterocycles. The molecule has 10 heteroatoms. The number of nitrogens with one attached hydrogen (secondary N) is 1. The number of hydrogen-bond donors (Lipinski definition) is 2. The lowest BCUT2D eigenvalue weighted by Crippen LogP contribution is -2.55. The number of nitrogens with zero attached hydrogens (tertiary/aromatic N) is 4. The number of amides is 2. The van der Waals surface area contributed by atoms with Gasteiger partial charge in [-0.1, -0.05) is 0 Å². The topological polar surface area (TPSA) is 88.7 Å². The van der Waals surface area contributed by atoms with Crippen LogP contribution in [0.1, 0.15) is 17.7 Å². The molecule has 8 nitrogen and oxygen atoms in total. The van der Waals surface area contributed by atoms with E-state index in [1.165, 1.54) is 12.3 Å². The molecule has 0 aliphatic carbocycles. The summed E-state index contributed by atoms with van der Waals surface area (Å²) in [5.41, 5.74) is 7.74. The van der Waals surface area contributed by atoms with Gasteiger partial charge in [0.05, 0.1) is 24.2 Å². The number of hydrogen-bond acceptors (Lipinski definition) is 5. The molecule has 4 heterocycles. The molecule has 3 atom stereocenters. The lowest BCUT2D eigenvalue weighted by atomic mass is 10.1. The van der Waals surface area contributed by atoms with Gasteiger partial charge in [0.2, 0.25) is 6.23 Å². The molecule has 0 saturated carbocycles. The quantitative estimate of drug-likeness (QED) is 0.816. The Bertz CT molecular complexity index is 721. The van der Waals surface area contributed by atoms with E-state index in [9.17, 15) is 13.6 Å². The van der Waals surface area contributed by atoms with Gasteiger partial charge < -0.3 is 15.8 Å². The zero-order valence-electron chi connectivity index (χ0n) is 13.7. The van der Waals surface area contributed by atoms with Gasteiger partial charge in [-0.2, -0.15) is 5.10 Å². The summed E-state index contributed by atoms with van der Waals surface area (Å²) in [5.74, 6) is -3.12. The minimum atomic E-state index is -3.12. The molecule has 3 aliphatic rings. The molecule has 1 aromatic rings. The van der Waals surface area contributed by atoms with E-state index in [-0.39, 0.29) is 0 Å². The second-order valence-corrected chi connectivity index (χ2v) is 6.71. The third-order valence-corrected chi connectivity index (χ3v) is 4.79. The van der Waals surface area contributed by atoms with E-state index in [4.69, 9.17) is 10.5 Å². The van der Waals surface area contributed by atoms with Gasteiger partial charge in [0.15, 0.2) is 0 Å². The summed E-state index contributed by atoms with van der Waals surface area (Å²) in [7, 11) is 1.87. The fraction of sp³-hybridized carbons (Fsp3) is 0.600. The summed E-state index contributed by atoms with van der Waals surface area (Å²) >= 11 is 0. The minimum Gasteiger partial charge on any atom is -0.347 e. The summed E-state index contributed by atoms with van der Waals surface area (Å²) < 4.78 is 36.2. The predicted molar refractivity (Wildman–Crippen MR) is 83.0 cm³/mol. The Morgan fingerprint density at radius 2 is 2.28 bits per heavy atom. The molecule has 1 saturated heterocycles. The van der Waals surface area contributed by atoms with Gasteiger partial charge in [-0.05, 0) is 6.08 Å². The maximum absolute atomic E-state index is 14.4. The maximum Gasteiger partial charge on any atom is 0.325 e. The number of rotatable bonds is 3. The molecule has 4 rings (SSSR count). The average Bonchev–Trinajstić information content (AvgIpc) is 3.15. The highest BCUT2D eigenvalue weighted by Gasteiger charge is 2.54. The Hall–Kier alpha value is -2.04. The smallest absolute Gasteiger partial charge is 0.325 e. The molecule has 25 heavy (non-hydrogen) atoms. The second-order valence-electron chi connectivity index (χ2n) is 6.71. The molecule has 0 spiro atoms. The van der Waals surface area contributed by atoms with Crippen LogP contribution in [0.2, 0.25) is 0 Å². The molecule has 1 fully saturated rings. The molecular weight excluding hydrogens is 334 g/mol. The van der Waals surface area contributed by atoms with Gasteiger partial charge >= 0.3 is 6.03 Å². The van der Waals surface area contributed by atoms with Crippen LogP contribution in [0.3, 0.4) is 0 Å². The van der Waals surface area contributed by atoms with Crippen LogP contribution in [0.25, 0.3) is 0 Å². The lowest BCUT2D eigenvalue weighted by Gasteiger charge is -2.32. The van der Waals surface area contributed by atoms with Crippen molar-refractivity contribution in [1.82, 2.24) is 24.9 Å². The highest BCUT2D eigenvalue weighted by atomic mass is 19.3. The van der Waals surface area contributed by atoms with Crippen LogP contribution >= 0.6 is 0 Å². The van der Waals surface area contributed by atoms with Crippen LogP contribution < -0.4 is 11.1 Å². The molecule has 0 radical (unpaired) electrons. The van der Waals surface area contributed by atoms with E-state index >= 15 is 0 Å². The summed E-state index contributed by atoms with van der Waals surface area (Å²) in [6.45, 7) is 1.69. The monoisotopic (exact) mass is 354 g/mol. The maximum atomic E-state index is 14.4. The van der Waals surface area contributed by atoms with Crippen molar-refractivity contribution in [3.63, 3.8) is 0 Å². The molecule has 3 N–H and O–H groups in total. The normalized spacial score (nSPS) is 31.4. The standard InChI is InChI=1S/C15H20F2N6O2/c1-21-11-8-22(6-9(11)5-19-21)7-10-4-15(16,17)13(25-10)23-3-2-12(18)20-14(23)24/h2-3,5,10,12-13H,4,6-8,18H2,1H3,(H,20,24)/t10-,12?,13+/m0/s1. The summed E-state index contributed by atoms with van der Waals surface area (Å²) in [6.07, 6.45) is 1.14. The van der Waals surface area contributed by atoms with Crippen LogP contribution in [-0.4, -0.2) is 56.6 Å². The number of aryl methyl sites for hydroxylation is 1. The summed E-state index contributed by atoms with van der Waals surface area (Å²) in [4.78, 5) is 14.9. The summed E-state index contributed by atoms with van der Waals surface area (Å²) in [6, 6.07) is -0.681. The molecule has 0 bridgehead atoms. The number of nitrogens with two attached hydrogens (primary N) is 1. The number of urea groups is 1. The lowest BCUT2D eigenvalue weighted by molar-refractivity contribution is -0.126. The Labute approximate surface area is 143 Å². The van der Waals surface area contributed by atoms with Crippen molar-refractivity contribution in [2.24, 2.45) is 12.8 Å². The van der Waals surface area contributed by atoms with Crippen LogP contribution in [-0.2, 0) is 24.9 Å². The Kier molecular flexibility index (Phi) is 3.78. The highest BCUT2D eigenvalue weighted by Crippen LogP contribution is 2.39. The number of halogens is 2. The van der Waals surface area contributed by atoms with E-state index < -0.39 is 36.9 Å². The Balaban J connectivity index is 1.42. The molecule has 2 amide bonds. The van der Waals surface area contributed by atoms with Crippen LogP contribution in [0.15, 0.2) is 18.5 Å².